The normalized spacial score (nSPS) is 19.9. The van der Waals surface area contributed by atoms with Gasteiger partial charge >= 0.3 is 0 Å². The molecule has 2 N–H and O–H groups in total. The number of pyridine rings is 1. The van der Waals surface area contributed by atoms with Crippen LogP contribution in [0.2, 0.25) is 0 Å². The van der Waals surface area contributed by atoms with E-state index in [0.717, 1.165) is 25.2 Å². The second kappa shape index (κ2) is 5.93. The Bertz CT molecular complexity index is 375. The van der Waals surface area contributed by atoms with E-state index < -0.39 is 0 Å². The van der Waals surface area contributed by atoms with Crippen LogP contribution in [0.4, 0.5) is 0 Å². The quantitative estimate of drug-likeness (QED) is 0.826. The molecule has 92 valence electrons. The average molecular weight is 252 g/mol. The van der Waals surface area contributed by atoms with Crippen molar-refractivity contribution in [1.29, 1.82) is 0 Å². The molecule has 0 spiro atoms. The molecule has 5 heteroatoms. The van der Waals surface area contributed by atoms with E-state index in [4.69, 9.17) is 27.4 Å². The summed E-state index contributed by atoms with van der Waals surface area (Å²) in [5.41, 5.74) is 6.08. The summed E-state index contributed by atoms with van der Waals surface area (Å²) in [4.78, 5) is 4.41. The molecule has 1 saturated heterocycles. The van der Waals surface area contributed by atoms with Gasteiger partial charge in [0.1, 0.15) is 17.3 Å². The van der Waals surface area contributed by atoms with E-state index in [1.54, 1.807) is 12.3 Å². The monoisotopic (exact) mass is 252 g/mol. The third-order valence-corrected chi connectivity index (χ3v) is 2.91. The van der Waals surface area contributed by atoms with E-state index in [1.165, 1.54) is 6.42 Å². The summed E-state index contributed by atoms with van der Waals surface area (Å²) in [6.45, 7) is 1.42. The van der Waals surface area contributed by atoms with Gasteiger partial charge in [0.25, 0.3) is 0 Å². The van der Waals surface area contributed by atoms with Crippen LogP contribution in [0.3, 0.4) is 0 Å². The van der Waals surface area contributed by atoms with E-state index >= 15 is 0 Å². The van der Waals surface area contributed by atoms with Gasteiger partial charge in [-0.15, -0.1) is 0 Å². The van der Waals surface area contributed by atoms with Gasteiger partial charge in [0.05, 0.1) is 18.0 Å². The smallest absolute Gasteiger partial charge is 0.137 e. The Morgan fingerprint density at radius 3 is 3.00 bits per heavy atom. The predicted molar refractivity (Wildman–Crippen MR) is 69.2 cm³/mol. The van der Waals surface area contributed by atoms with Crippen LogP contribution in [0.15, 0.2) is 18.3 Å². The standard InChI is InChI=1S/C12H16N2O2S/c13-12(17)11-5-4-9(7-14-11)16-8-10-3-1-2-6-15-10/h4-5,7,10H,1-3,6,8H2,(H2,13,17). The van der Waals surface area contributed by atoms with Gasteiger partial charge in [-0.2, -0.15) is 0 Å². The molecule has 1 aromatic rings. The molecule has 0 radical (unpaired) electrons. The van der Waals surface area contributed by atoms with E-state index in [1.807, 2.05) is 6.07 Å². The summed E-state index contributed by atoms with van der Waals surface area (Å²) in [7, 11) is 0. The maximum Gasteiger partial charge on any atom is 0.137 e. The second-order valence-electron chi connectivity index (χ2n) is 4.04. The van der Waals surface area contributed by atoms with E-state index in [9.17, 15) is 0 Å². The lowest BCUT2D eigenvalue weighted by Crippen LogP contribution is -2.25. The van der Waals surface area contributed by atoms with Crippen molar-refractivity contribution in [3.05, 3.63) is 24.0 Å². The molecule has 0 aromatic carbocycles. The van der Waals surface area contributed by atoms with Crippen LogP contribution >= 0.6 is 12.2 Å². The molecule has 17 heavy (non-hydrogen) atoms. The highest BCUT2D eigenvalue weighted by Gasteiger charge is 2.14. The van der Waals surface area contributed by atoms with Crippen molar-refractivity contribution in [2.45, 2.75) is 25.4 Å². The second-order valence-corrected chi connectivity index (χ2v) is 4.48. The molecule has 2 rings (SSSR count). The highest BCUT2D eigenvalue weighted by atomic mass is 32.1. The van der Waals surface area contributed by atoms with Crippen LogP contribution in [-0.2, 0) is 4.74 Å². The van der Waals surface area contributed by atoms with Gasteiger partial charge in [0.15, 0.2) is 0 Å². The van der Waals surface area contributed by atoms with Crippen LogP contribution in [-0.4, -0.2) is 29.3 Å². The van der Waals surface area contributed by atoms with Crippen LogP contribution in [0.25, 0.3) is 0 Å². The maximum atomic E-state index is 5.61. The fraction of sp³-hybridized carbons (Fsp3) is 0.500. The Morgan fingerprint density at radius 2 is 2.41 bits per heavy atom. The number of nitrogens with two attached hydrogens (primary N) is 1. The first kappa shape index (κ1) is 12.3. The first-order valence-electron chi connectivity index (χ1n) is 5.76. The van der Waals surface area contributed by atoms with Crippen molar-refractivity contribution >= 4 is 17.2 Å². The molecule has 1 fully saturated rings. The van der Waals surface area contributed by atoms with Gasteiger partial charge < -0.3 is 15.2 Å². The van der Waals surface area contributed by atoms with Crippen LogP contribution < -0.4 is 10.5 Å². The minimum Gasteiger partial charge on any atom is -0.489 e. The molecule has 1 aliphatic rings. The van der Waals surface area contributed by atoms with E-state index in [0.29, 0.717) is 17.3 Å². The van der Waals surface area contributed by atoms with Crippen LogP contribution in [0.1, 0.15) is 25.0 Å². The molecule has 0 saturated carbocycles. The molecular weight excluding hydrogens is 236 g/mol. The first-order chi connectivity index (χ1) is 8.25. The summed E-state index contributed by atoms with van der Waals surface area (Å²) in [6, 6.07) is 3.59. The highest BCUT2D eigenvalue weighted by Crippen LogP contribution is 2.15. The Labute approximate surface area is 106 Å². The molecule has 1 unspecified atom stereocenters. The Kier molecular flexibility index (Phi) is 4.28. The predicted octanol–water partition coefficient (Wildman–Crippen LogP) is 1.66. The van der Waals surface area contributed by atoms with Crippen molar-refractivity contribution in [2.24, 2.45) is 5.73 Å². The molecule has 0 aliphatic carbocycles. The zero-order chi connectivity index (χ0) is 12.1. The molecule has 4 nitrogen and oxygen atoms in total. The molecule has 1 aliphatic heterocycles. The lowest BCUT2D eigenvalue weighted by atomic mass is 10.1. The minimum absolute atomic E-state index is 0.207. The zero-order valence-corrected chi connectivity index (χ0v) is 10.4. The van der Waals surface area contributed by atoms with Gasteiger partial charge in [-0.05, 0) is 31.4 Å². The largest absolute Gasteiger partial charge is 0.489 e. The molecular formula is C12H16N2O2S. The van der Waals surface area contributed by atoms with Gasteiger partial charge in [-0.25, -0.2) is 4.98 Å². The van der Waals surface area contributed by atoms with Crippen molar-refractivity contribution < 1.29 is 9.47 Å². The molecule has 1 aromatic heterocycles. The van der Waals surface area contributed by atoms with Crippen molar-refractivity contribution in [1.82, 2.24) is 4.98 Å². The topological polar surface area (TPSA) is 57.4 Å². The van der Waals surface area contributed by atoms with Gasteiger partial charge in [0, 0.05) is 6.61 Å². The Morgan fingerprint density at radius 1 is 1.53 bits per heavy atom. The van der Waals surface area contributed by atoms with Crippen molar-refractivity contribution in [2.75, 3.05) is 13.2 Å². The Hall–Kier alpha value is -1.20. The molecule has 0 bridgehead atoms. The third-order valence-electron chi connectivity index (χ3n) is 2.70. The number of rotatable bonds is 4. The van der Waals surface area contributed by atoms with E-state index in [-0.39, 0.29) is 6.10 Å². The Balaban J connectivity index is 1.84. The van der Waals surface area contributed by atoms with Gasteiger partial charge in [-0.1, -0.05) is 12.2 Å². The number of nitrogens with zero attached hydrogens (tertiary/aromatic N) is 1. The van der Waals surface area contributed by atoms with Crippen LogP contribution in [0.5, 0.6) is 5.75 Å². The maximum absolute atomic E-state index is 5.61. The van der Waals surface area contributed by atoms with Crippen molar-refractivity contribution in [3.8, 4) is 5.75 Å². The average Bonchev–Trinajstić information content (AvgIpc) is 2.38. The number of aromatic nitrogens is 1. The lowest BCUT2D eigenvalue weighted by Gasteiger charge is -2.22. The highest BCUT2D eigenvalue weighted by molar-refractivity contribution is 7.80. The molecule has 2 heterocycles. The number of ether oxygens (including phenoxy) is 2. The molecule has 1 atom stereocenters. The van der Waals surface area contributed by atoms with Crippen molar-refractivity contribution in [3.63, 3.8) is 0 Å². The summed E-state index contributed by atoms with van der Waals surface area (Å²) >= 11 is 4.83. The minimum atomic E-state index is 0.207. The third kappa shape index (κ3) is 3.64. The van der Waals surface area contributed by atoms with E-state index in [2.05, 4.69) is 4.98 Å². The fourth-order valence-corrected chi connectivity index (χ4v) is 1.86. The molecule has 0 amide bonds. The van der Waals surface area contributed by atoms with Gasteiger partial charge in [-0.3, -0.25) is 0 Å². The number of thiocarbonyl (C=S) groups is 1. The lowest BCUT2D eigenvalue weighted by molar-refractivity contribution is -0.0111. The summed E-state index contributed by atoms with van der Waals surface area (Å²) < 4.78 is 11.2. The SMILES string of the molecule is NC(=S)c1ccc(OCC2CCCCO2)cn1. The summed E-state index contributed by atoms with van der Waals surface area (Å²) in [5, 5.41) is 0. The summed E-state index contributed by atoms with van der Waals surface area (Å²) in [5.74, 6) is 0.721. The zero-order valence-electron chi connectivity index (χ0n) is 9.59. The fourth-order valence-electron chi connectivity index (χ4n) is 1.74. The number of hydrogen-bond acceptors (Lipinski definition) is 4. The number of hydrogen-bond donors (Lipinski definition) is 1. The van der Waals surface area contributed by atoms with Crippen LogP contribution in [0, 0.1) is 0 Å². The summed E-state index contributed by atoms with van der Waals surface area (Å²) in [6.07, 6.45) is 5.28. The van der Waals surface area contributed by atoms with Gasteiger partial charge in [0.2, 0.25) is 0 Å². The first-order valence-corrected chi connectivity index (χ1v) is 6.17.